The van der Waals surface area contributed by atoms with Crippen molar-refractivity contribution >= 4 is 22.7 Å². The van der Waals surface area contributed by atoms with E-state index in [1.54, 1.807) is 0 Å². The van der Waals surface area contributed by atoms with Gasteiger partial charge in [0, 0.05) is 31.2 Å². The maximum atomic E-state index is 6.06. The fourth-order valence-corrected chi connectivity index (χ4v) is 3.69. The topological polar surface area (TPSA) is 47.0 Å². The summed E-state index contributed by atoms with van der Waals surface area (Å²) in [5.41, 5.74) is 4.51. The van der Waals surface area contributed by atoms with E-state index in [-0.39, 0.29) is 0 Å². The van der Waals surface area contributed by atoms with Gasteiger partial charge < -0.3 is 9.47 Å². The maximum Gasteiger partial charge on any atom is 0.128 e. The number of aliphatic imine (C=N–C) groups is 1. The summed E-state index contributed by atoms with van der Waals surface area (Å²) in [5, 5.41) is 1.08. The Labute approximate surface area is 170 Å². The first-order chi connectivity index (χ1) is 14.3. The van der Waals surface area contributed by atoms with E-state index in [0.717, 1.165) is 67.5 Å². The summed E-state index contributed by atoms with van der Waals surface area (Å²) in [6, 6.07) is 18.4. The fourth-order valence-electron chi connectivity index (χ4n) is 3.69. The van der Waals surface area contributed by atoms with Crippen LogP contribution in [0.1, 0.15) is 11.3 Å². The minimum Gasteiger partial charge on any atom is -0.457 e. The van der Waals surface area contributed by atoms with E-state index in [1.165, 1.54) is 11.1 Å². The maximum absolute atomic E-state index is 6.06. The van der Waals surface area contributed by atoms with E-state index in [2.05, 4.69) is 40.2 Å². The second-order valence-electron chi connectivity index (χ2n) is 7.35. The number of fused-ring (bicyclic) bond motifs is 1. The zero-order chi connectivity index (χ0) is 19.5. The van der Waals surface area contributed by atoms with Crippen LogP contribution in [-0.2, 0) is 11.3 Å². The number of hydrogen-bond acceptors (Lipinski definition) is 5. The number of nitrogens with zero attached hydrogens (tertiary/aromatic N) is 3. The largest absolute Gasteiger partial charge is 0.457 e. The van der Waals surface area contributed by atoms with Gasteiger partial charge in [0.25, 0.3) is 0 Å². The van der Waals surface area contributed by atoms with Gasteiger partial charge in [0.1, 0.15) is 11.5 Å². The molecule has 0 bridgehead atoms. The van der Waals surface area contributed by atoms with Crippen molar-refractivity contribution in [3.63, 3.8) is 0 Å². The Hall–Kier alpha value is -3.02. The van der Waals surface area contributed by atoms with Crippen LogP contribution in [0, 0.1) is 0 Å². The molecule has 2 aliphatic rings. The highest BCUT2D eigenvalue weighted by Gasteiger charge is 2.12. The zero-order valence-electron chi connectivity index (χ0n) is 16.3. The van der Waals surface area contributed by atoms with Crippen LogP contribution in [0.25, 0.3) is 16.5 Å². The summed E-state index contributed by atoms with van der Waals surface area (Å²) in [4.78, 5) is 11.4. The Bertz CT molecular complexity index is 1070. The summed E-state index contributed by atoms with van der Waals surface area (Å²) in [7, 11) is 0. The van der Waals surface area contributed by atoms with Gasteiger partial charge in [0.05, 0.1) is 31.0 Å². The molecule has 1 fully saturated rings. The standard InChI is InChI=1S/C24H23N3O2/c1-4-21(17-27-11-13-28-14-12-27)26-24-8-7-23(15-19(1)24)29-22-5-2-18(3-6-22)20-9-10-25-16-20/h1-10,15H,11-14,16-17H2. The first-order valence-corrected chi connectivity index (χ1v) is 10.0. The second-order valence-corrected chi connectivity index (χ2v) is 7.35. The third-order valence-corrected chi connectivity index (χ3v) is 5.31. The molecule has 2 aromatic carbocycles. The van der Waals surface area contributed by atoms with Gasteiger partial charge >= 0.3 is 0 Å². The molecule has 1 saturated heterocycles. The molecular weight excluding hydrogens is 362 g/mol. The SMILES string of the molecule is C1=NCC(c2ccc(Oc3ccc4nc(CN5CCOCC5)ccc4c3)cc2)=C1. The van der Waals surface area contributed by atoms with E-state index < -0.39 is 0 Å². The first kappa shape index (κ1) is 18.0. The average Bonchev–Trinajstić information content (AvgIpc) is 3.30. The number of rotatable bonds is 5. The molecule has 0 N–H and O–H groups in total. The molecule has 5 heteroatoms. The number of hydrogen-bond donors (Lipinski definition) is 0. The fraction of sp³-hybridized carbons (Fsp3) is 0.250. The van der Waals surface area contributed by atoms with E-state index in [9.17, 15) is 0 Å². The lowest BCUT2D eigenvalue weighted by Gasteiger charge is -2.26. The summed E-state index contributed by atoms with van der Waals surface area (Å²) in [6.45, 7) is 5.17. The molecule has 0 radical (unpaired) electrons. The molecular formula is C24H23N3O2. The average molecular weight is 385 g/mol. The number of pyridine rings is 1. The molecule has 0 unspecified atom stereocenters. The van der Waals surface area contributed by atoms with Gasteiger partial charge in [-0.2, -0.15) is 0 Å². The number of morpholine rings is 1. The van der Waals surface area contributed by atoms with Crippen LogP contribution < -0.4 is 4.74 Å². The Morgan fingerprint density at radius 2 is 1.76 bits per heavy atom. The summed E-state index contributed by atoms with van der Waals surface area (Å²) >= 11 is 0. The Kier molecular flexibility index (Phi) is 5.07. The molecule has 0 amide bonds. The van der Waals surface area contributed by atoms with Gasteiger partial charge in [0.15, 0.2) is 0 Å². The smallest absolute Gasteiger partial charge is 0.128 e. The van der Waals surface area contributed by atoms with Gasteiger partial charge in [-0.25, -0.2) is 0 Å². The molecule has 3 heterocycles. The molecule has 1 aromatic heterocycles. The van der Waals surface area contributed by atoms with Gasteiger partial charge in [-0.1, -0.05) is 18.2 Å². The van der Waals surface area contributed by atoms with Crippen LogP contribution in [0.4, 0.5) is 0 Å². The van der Waals surface area contributed by atoms with E-state index in [4.69, 9.17) is 14.5 Å². The summed E-state index contributed by atoms with van der Waals surface area (Å²) in [6.07, 6.45) is 3.91. The molecule has 146 valence electrons. The van der Waals surface area contributed by atoms with Gasteiger partial charge in [-0.3, -0.25) is 14.9 Å². The predicted molar refractivity (Wildman–Crippen MR) is 116 cm³/mol. The highest BCUT2D eigenvalue weighted by molar-refractivity contribution is 5.89. The molecule has 3 aromatic rings. The van der Waals surface area contributed by atoms with Crippen molar-refractivity contribution in [3.05, 3.63) is 71.9 Å². The van der Waals surface area contributed by atoms with Gasteiger partial charge in [0.2, 0.25) is 0 Å². The summed E-state index contributed by atoms with van der Waals surface area (Å²) < 4.78 is 11.5. The van der Waals surface area contributed by atoms with Crippen molar-refractivity contribution in [2.24, 2.45) is 4.99 Å². The first-order valence-electron chi connectivity index (χ1n) is 10.0. The van der Waals surface area contributed by atoms with Crippen LogP contribution in [-0.4, -0.2) is 48.9 Å². The van der Waals surface area contributed by atoms with E-state index in [0.29, 0.717) is 0 Å². The third kappa shape index (κ3) is 4.21. The molecule has 0 aliphatic carbocycles. The van der Waals surface area contributed by atoms with Crippen molar-refractivity contribution in [3.8, 4) is 11.5 Å². The molecule has 0 saturated carbocycles. The minimum absolute atomic E-state index is 0.755. The normalized spacial score (nSPS) is 16.9. The predicted octanol–water partition coefficient (Wildman–Crippen LogP) is 4.33. The monoisotopic (exact) mass is 385 g/mol. The zero-order valence-corrected chi connectivity index (χ0v) is 16.3. The molecule has 29 heavy (non-hydrogen) atoms. The lowest BCUT2D eigenvalue weighted by molar-refractivity contribution is 0.0337. The highest BCUT2D eigenvalue weighted by atomic mass is 16.5. The number of benzene rings is 2. The van der Waals surface area contributed by atoms with Crippen molar-refractivity contribution in [2.75, 3.05) is 32.8 Å². The van der Waals surface area contributed by atoms with Crippen molar-refractivity contribution in [2.45, 2.75) is 6.54 Å². The van der Waals surface area contributed by atoms with Crippen LogP contribution >= 0.6 is 0 Å². The van der Waals surface area contributed by atoms with Crippen LogP contribution in [0.3, 0.4) is 0 Å². The van der Waals surface area contributed by atoms with Crippen LogP contribution in [0.2, 0.25) is 0 Å². The van der Waals surface area contributed by atoms with Crippen LogP contribution in [0.5, 0.6) is 11.5 Å². The molecule has 5 rings (SSSR count). The van der Waals surface area contributed by atoms with Crippen molar-refractivity contribution in [1.82, 2.24) is 9.88 Å². The minimum atomic E-state index is 0.755. The number of allylic oxidation sites excluding steroid dienone is 1. The molecule has 5 nitrogen and oxygen atoms in total. The van der Waals surface area contributed by atoms with E-state index in [1.807, 2.05) is 36.5 Å². The van der Waals surface area contributed by atoms with Crippen molar-refractivity contribution < 1.29 is 9.47 Å². The Morgan fingerprint density at radius 1 is 0.931 bits per heavy atom. The highest BCUT2D eigenvalue weighted by Crippen LogP contribution is 2.27. The second kappa shape index (κ2) is 8.15. The molecule has 2 aliphatic heterocycles. The van der Waals surface area contributed by atoms with Crippen LogP contribution in [0.15, 0.2) is 65.7 Å². The molecule has 0 spiro atoms. The lowest BCUT2D eigenvalue weighted by atomic mass is 10.1. The Balaban J connectivity index is 1.28. The number of ether oxygens (including phenoxy) is 2. The molecule has 0 atom stereocenters. The Morgan fingerprint density at radius 3 is 2.55 bits per heavy atom. The van der Waals surface area contributed by atoms with Crippen molar-refractivity contribution in [1.29, 1.82) is 0 Å². The summed E-state index contributed by atoms with van der Waals surface area (Å²) in [5.74, 6) is 1.64. The lowest BCUT2D eigenvalue weighted by Crippen LogP contribution is -2.35. The third-order valence-electron chi connectivity index (χ3n) is 5.31. The quantitative estimate of drug-likeness (QED) is 0.656. The van der Waals surface area contributed by atoms with Gasteiger partial charge in [-0.15, -0.1) is 0 Å². The van der Waals surface area contributed by atoms with Gasteiger partial charge in [-0.05, 0) is 53.6 Å². The van der Waals surface area contributed by atoms with E-state index >= 15 is 0 Å². The number of aromatic nitrogens is 1.